The molecule has 0 aliphatic heterocycles. The largest absolute Gasteiger partial charge is 0.371 e. The van der Waals surface area contributed by atoms with Gasteiger partial charge < -0.3 is 5.32 Å². The Balaban J connectivity index is 5.07. The smallest absolute Gasteiger partial charge is 0.128 e. The molecule has 0 saturated heterocycles. The first kappa shape index (κ1) is 12.5. The third kappa shape index (κ3) is 3.96. The predicted molar refractivity (Wildman–Crippen MR) is 56.0 cm³/mol. The maximum absolute atomic E-state index is 8.92. The monoisotopic (exact) mass is 191 g/mol. The van der Waals surface area contributed by atoms with Crippen LogP contribution >= 0.6 is 0 Å². The van der Waals surface area contributed by atoms with Gasteiger partial charge in [0, 0.05) is 5.54 Å². The number of nitrogens with zero attached hydrogens (tertiary/aromatic N) is 2. The van der Waals surface area contributed by atoms with Crippen LogP contribution in [0.25, 0.3) is 0 Å². The number of hydrogen-bond donors (Lipinski definition) is 1. The van der Waals surface area contributed by atoms with Crippen LogP contribution in [0, 0.1) is 28.6 Å². The average Bonchev–Trinajstić information content (AvgIpc) is 2.00. The Kier molecular flexibility index (Phi) is 4.18. The van der Waals surface area contributed by atoms with Crippen LogP contribution in [-0.4, -0.2) is 5.54 Å². The summed E-state index contributed by atoms with van der Waals surface area (Å²) in [6.07, 6.45) is 0. The zero-order valence-electron chi connectivity index (χ0n) is 9.47. The van der Waals surface area contributed by atoms with Crippen molar-refractivity contribution in [2.75, 3.05) is 0 Å². The van der Waals surface area contributed by atoms with Crippen molar-refractivity contribution in [2.24, 2.45) is 5.92 Å². The molecule has 0 aromatic carbocycles. The van der Waals surface area contributed by atoms with Crippen molar-refractivity contribution in [3.05, 3.63) is 11.3 Å². The van der Waals surface area contributed by atoms with Crippen LogP contribution in [0.4, 0.5) is 0 Å². The highest BCUT2D eigenvalue weighted by Gasteiger charge is 2.16. The summed E-state index contributed by atoms with van der Waals surface area (Å²) in [5, 5.41) is 20.8. The molecular formula is C11H17N3. The molecule has 0 aromatic heterocycles. The molecule has 0 saturated carbocycles. The van der Waals surface area contributed by atoms with Gasteiger partial charge in [-0.3, -0.25) is 0 Å². The van der Waals surface area contributed by atoms with Gasteiger partial charge in [0.1, 0.15) is 11.8 Å². The van der Waals surface area contributed by atoms with E-state index in [2.05, 4.69) is 11.4 Å². The average molecular weight is 191 g/mol. The van der Waals surface area contributed by atoms with Crippen LogP contribution in [0.3, 0.4) is 0 Å². The van der Waals surface area contributed by atoms with Gasteiger partial charge in [-0.1, -0.05) is 13.8 Å². The van der Waals surface area contributed by atoms with Gasteiger partial charge in [0.15, 0.2) is 0 Å². The SMILES string of the molecule is CC(C)/C(C#N)=C(/C#N)NC(C)(C)C. The minimum atomic E-state index is -0.192. The highest BCUT2D eigenvalue weighted by Crippen LogP contribution is 2.14. The summed E-state index contributed by atoms with van der Waals surface area (Å²) in [6.45, 7) is 9.68. The first-order valence-corrected chi connectivity index (χ1v) is 4.64. The summed E-state index contributed by atoms with van der Waals surface area (Å²) >= 11 is 0. The lowest BCUT2D eigenvalue weighted by atomic mass is 10.0. The van der Waals surface area contributed by atoms with Crippen LogP contribution in [0.1, 0.15) is 34.6 Å². The summed E-state index contributed by atoms with van der Waals surface area (Å²) in [4.78, 5) is 0. The molecule has 0 aromatic rings. The fourth-order valence-electron chi connectivity index (χ4n) is 1.00. The predicted octanol–water partition coefficient (Wildman–Crippen LogP) is 2.33. The van der Waals surface area contributed by atoms with Gasteiger partial charge in [0.25, 0.3) is 0 Å². The van der Waals surface area contributed by atoms with E-state index in [0.717, 1.165) is 0 Å². The summed E-state index contributed by atoms with van der Waals surface area (Å²) in [6, 6.07) is 4.11. The summed E-state index contributed by atoms with van der Waals surface area (Å²) in [5.74, 6) is 0.0736. The lowest BCUT2D eigenvalue weighted by Gasteiger charge is -2.22. The van der Waals surface area contributed by atoms with E-state index < -0.39 is 0 Å². The molecule has 0 unspecified atom stereocenters. The van der Waals surface area contributed by atoms with Gasteiger partial charge in [-0.05, 0) is 26.7 Å². The minimum Gasteiger partial charge on any atom is -0.371 e. The van der Waals surface area contributed by atoms with Crippen molar-refractivity contribution in [2.45, 2.75) is 40.2 Å². The molecule has 0 aliphatic rings. The number of hydrogen-bond acceptors (Lipinski definition) is 3. The zero-order chi connectivity index (χ0) is 11.4. The van der Waals surface area contributed by atoms with E-state index in [1.54, 1.807) is 0 Å². The van der Waals surface area contributed by atoms with Crippen LogP contribution in [0.2, 0.25) is 0 Å². The molecule has 0 atom stereocenters. The second-order valence-corrected chi connectivity index (χ2v) is 4.54. The van der Waals surface area contributed by atoms with E-state index >= 15 is 0 Å². The van der Waals surface area contributed by atoms with Gasteiger partial charge in [0.05, 0.1) is 11.6 Å². The van der Waals surface area contributed by atoms with E-state index in [1.165, 1.54) is 0 Å². The molecule has 0 amide bonds. The topological polar surface area (TPSA) is 59.6 Å². The number of allylic oxidation sites excluding steroid dienone is 2. The Hall–Kier alpha value is -1.48. The maximum atomic E-state index is 8.92. The molecule has 0 radical (unpaired) electrons. The van der Waals surface area contributed by atoms with Gasteiger partial charge >= 0.3 is 0 Å². The Morgan fingerprint density at radius 1 is 1.14 bits per heavy atom. The van der Waals surface area contributed by atoms with Gasteiger partial charge in [0.2, 0.25) is 0 Å². The fraction of sp³-hybridized carbons (Fsp3) is 0.636. The van der Waals surface area contributed by atoms with E-state index in [9.17, 15) is 0 Å². The molecule has 3 nitrogen and oxygen atoms in total. The molecular weight excluding hydrogens is 174 g/mol. The van der Waals surface area contributed by atoms with Gasteiger partial charge in [-0.15, -0.1) is 0 Å². The molecule has 3 heteroatoms. The summed E-state index contributed by atoms with van der Waals surface area (Å²) < 4.78 is 0. The third-order valence-electron chi connectivity index (χ3n) is 1.58. The second-order valence-electron chi connectivity index (χ2n) is 4.54. The fourth-order valence-corrected chi connectivity index (χ4v) is 1.00. The van der Waals surface area contributed by atoms with Gasteiger partial charge in [-0.2, -0.15) is 10.5 Å². The van der Waals surface area contributed by atoms with Crippen LogP contribution in [0.5, 0.6) is 0 Å². The summed E-state index contributed by atoms with van der Waals surface area (Å²) in [5.41, 5.74) is 0.708. The van der Waals surface area contributed by atoms with Crippen molar-refractivity contribution >= 4 is 0 Å². The third-order valence-corrected chi connectivity index (χ3v) is 1.58. The summed E-state index contributed by atoms with van der Waals surface area (Å²) in [7, 11) is 0. The van der Waals surface area contributed by atoms with Crippen molar-refractivity contribution in [1.29, 1.82) is 10.5 Å². The Morgan fingerprint density at radius 2 is 1.64 bits per heavy atom. The lowest BCUT2D eigenvalue weighted by Crippen LogP contribution is -2.35. The van der Waals surface area contributed by atoms with E-state index in [0.29, 0.717) is 11.3 Å². The molecule has 0 heterocycles. The molecule has 14 heavy (non-hydrogen) atoms. The molecule has 0 spiro atoms. The molecule has 0 bridgehead atoms. The standard InChI is InChI=1S/C11H17N3/c1-8(2)9(6-12)10(7-13)14-11(3,4)5/h8,14H,1-5H3/b10-9-. The van der Waals surface area contributed by atoms with Crippen molar-refractivity contribution in [3.63, 3.8) is 0 Å². The highest BCUT2D eigenvalue weighted by molar-refractivity contribution is 5.37. The quantitative estimate of drug-likeness (QED) is 0.681. The molecule has 1 N–H and O–H groups in total. The Morgan fingerprint density at radius 3 is 1.86 bits per heavy atom. The highest BCUT2D eigenvalue weighted by atomic mass is 15.0. The number of nitrogens with one attached hydrogen (secondary N) is 1. The first-order valence-electron chi connectivity index (χ1n) is 4.64. The van der Waals surface area contributed by atoms with Crippen LogP contribution in [-0.2, 0) is 0 Å². The molecule has 0 aliphatic carbocycles. The van der Waals surface area contributed by atoms with E-state index in [1.807, 2.05) is 40.7 Å². The van der Waals surface area contributed by atoms with Crippen LogP contribution < -0.4 is 5.32 Å². The van der Waals surface area contributed by atoms with E-state index in [4.69, 9.17) is 10.5 Å². The van der Waals surface area contributed by atoms with Crippen molar-refractivity contribution in [1.82, 2.24) is 5.32 Å². The Labute approximate surface area is 86.0 Å². The maximum Gasteiger partial charge on any atom is 0.128 e. The van der Waals surface area contributed by atoms with E-state index in [-0.39, 0.29) is 11.5 Å². The molecule has 0 fully saturated rings. The van der Waals surface area contributed by atoms with Crippen molar-refractivity contribution in [3.8, 4) is 12.1 Å². The number of rotatable bonds is 2. The lowest BCUT2D eigenvalue weighted by molar-refractivity contribution is 0.476. The first-order chi connectivity index (χ1) is 6.31. The molecule has 76 valence electrons. The number of nitriles is 2. The van der Waals surface area contributed by atoms with Crippen LogP contribution in [0.15, 0.2) is 11.3 Å². The second kappa shape index (κ2) is 4.67. The molecule has 0 rings (SSSR count). The van der Waals surface area contributed by atoms with Crippen molar-refractivity contribution < 1.29 is 0 Å². The minimum absolute atomic E-state index is 0.0736. The normalized spacial score (nSPS) is 12.9. The Bertz CT molecular complexity index is 305. The van der Waals surface area contributed by atoms with Gasteiger partial charge in [-0.25, -0.2) is 0 Å². The zero-order valence-corrected chi connectivity index (χ0v) is 9.47.